The van der Waals surface area contributed by atoms with Gasteiger partial charge < -0.3 is 10.2 Å². The molecular formula is C19H20Cl2N2O2. The predicted octanol–water partition coefficient (Wildman–Crippen LogP) is 4.16. The van der Waals surface area contributed by atoms with Gasteiger partial charge >= 0.3 is 0 Å². The Bertz CT molecular complexity index is 732. The Hall–Kier alpha value is -2.04. The first-order valence-electron chi connectivity index (χ1n) is 7.98. The molecule has 2 aromatic rings. The van der Waals surface area contributed by atoms with Crippen molar-refractivity contribution in [3.63, 3.8) is 0 Å². The van der Waals surface area contributed by atoms with Crippen molar-refractivity contribution in [3.8, 4) is 0 Å². The molecule has 0 aliphatic rings. The number of benzene rings is 2. The predicted molar refractivity (Wildman–Crippen MR) is 101 cm³/mol. The molecule has 4 nitrogen and oxygen atoms in total. The van der Waals surface area contributed by atoms with E-state index in [1.807, 2.05) is 18.2 Å². The first-order valence-corrected chi connectivity index (χ1v) is 8.73. The SMILES string of the molecule is CN(Cc1cccc(Cl)c1)C(=O)CCCNC(=O)c1ccc(Cl)cc1. The monoisotopic (exact) mass is 378 g/mol. The lowest BCUT2D eigenvalue weighted by Gasteiger charge is -2.17. The summed E-state index contributed by atoms with van der Waals surface area (Å²) in [5.41, 5.74) is 1.54. The van der Waals surface area contributed by atoms with Crippen LogP contribution in [0.15, 0.2) is 48.5 Å². The molecule has 0 fully saturated rings. The van der Waals surface area contributed by atoms with Gasteiger partial charge in [0.25, 0.3) is 5.91 Å². The van der Waals surface area contributed by atoms with Gasteiger partial charge in [0.1, 0.15) is 0 Å². The first kappa shape index (κ1) is 19.3. The molecule has 0 atom stereocenters. The van der Waals surface area contributed by atoms with Gasteiger partial charge in [0, 0.05) is 42.2 Å². The third-order valence-electron chi connectivity index (χ3n) is 3.69. The van der Waals surface area contributed by atoms with Crippen molar-refractivity contribution in [1.82, 2.24) is 10.2 Å². The van der Waals surface area contributed by atoms with Gasteiger partial charge in [-0.1, -0.05) is 35.3 Å². The van der Waals surface area contributed by atoms with Crippen LogP contribution in [-0.4, -0.2) is 30.3 Å². The second kappa shape index (κ2) is 9.44. The Balaban J connectivity index is 1.71. The average Bonchev–Trinajstić information content (AvgIpc) is 2.59. The minimum atomic E-state index is -0.170. The van der Waals surface area contributed by atoms with Crippen LogP contribution in [0.1, 0.15) is 28.8 Å². The van der Waals surface area contributed by atoms with E-state index in [-0.39, 0.29) is 11.8 Å². The maximum absolute atomic E-state index is 12.2. The Morgan fingerprint density at radius 3 is 2.44 bits per heavy atom. The molecule has 0 radical (unpaired) electrons. The van der Waals surface area contributed by atoms with E-state index >= 15 is 0 Å². The lowest BCUT2D eigenvalue weighted by atomic mass is 10.2. The van der Waals surface area contributed by atoms with Crippen molar-refractivity contribution in [2.45, 2.75) is 19.4 Å². The maximum Gasteiger partial charge on any atom is 0.251 e. The van der Waals surface area contributed by atoms with Crippen LogP contribution in [0.5, 0.6) is 0 Å². The quantitative estimate of drug-likeness (QED) is 0.735. The van der Waals surface area contributed by atoms with Gasteiger partial charge in [-0.3, -0.25) is 9.59 Å². The highest BCUT2D eigenvalue weighted by Crippen LogP contribution is 2.13. The molecule has 0 heterocycles. The number of rotatable bonds is 7. The van der Waals surface area contributed by atoms with Crippen LogP contribution < -0.4 is 5.32 Å². The number of hydrogen-bond donors (Lipinski definition) is 1. The van der Waals surface area contributed by atoms with Gasteiger partial charge in [-0.2, -0.15) is 0 Å². The van der Waals surface area contributed by atoms with Gasteiger partial charge in [0.05, 0.1) is 0 Å². The number of hydrogen-bond acceptors (Lipinski definition) is 2. The number of amides is 2. The number of nitrogens with one attached hydrogen (secondary N) is 1. The van der Waals surface area contributed by atoms with E-state index in [9.17, 15) is 9.59 Å². The highest BCUT2D eigenvalue weighted by molar-refractivity contribution is 6.30. The van der Waals surface area contributed by atoms with Crippen molar-refractivity contribution in [1.29, 1.82) is 0 Å². The van der Waals surface area contributed by atoms with E-state index in [1.54, 1.807) is 42.3 Å². The second-order valence-electron chi connectivity index (χ2n) is 5.75. The molecule has 0 aliphatic carbocycles. The molecule has 0 bridgehead atoms. The van der Waals surface area contributed by atoms with Gasteiger partial charge in [0.15, 0.2) is 0 Å². The summed E-state index contributed by atoms with van der Waals surface area (Å²) < 4.78 is 0. The average molecular weight is 379 g/mol. The van der Waals surface area contributed by atoms with Crippen molar-refractivity contribution in [2.75, 3.05) is 13.6 Å². The lowest BCUT2D eigenvalue weighted by molar-refractivity contribution is -0.130. The standard InChI is InChI=1S/C19H20Cl2N2O2/c1-23(13-14-4-2-5-17(21)12-14)18(24)6-3-11-22-19(25)15-7-9-16(20)10-8-15/h2,4-5,7-10,12H,3,6,11,13H2,1H3,(H,22,25). The molecule has 0 saturated carbocycles. The largest absolute Gasteiger partial charge is 0.352 e. The summed E-state index contributed by atoms with van der Waals surface area (Å²) in [6.07, 6.45) is 0.954. The number of halogens is 2. The maximum atomic E-state index is 12.2. The smallest absolute Gasteiger partial charge is 0.251 e. The van der Waals surface area contributed by atoms with E-state index in [0.717, 1.165) is 5.56 Å². The summed E-state index contributed by atoms with van der Waals surface area (Å²) in [4.78, 5) is 25.8. The molecular weight excluding hydrogens is 359 g/mol. The molecule has 0 spiro atoms. The summed E-state index contributed by atoms with van der Waals surface area (Å²) in [7, 11) is 1.76. The molecule has 0 saturated heterocycles. The molecule has 2 aromatic carbocycles. The Kier molecular flexibility index (Phi) is 7.29. The van der Waals surface area contributed by atoms with E-state index < -0.39 is 0 Å². The van der Waals surface area contributed by atoms with Crippen molar-refractivity contribution in [3.05, 3.63) is 69.7 Å². The van der Waals surface area contributed by atoms with Crippen LogP contribution >= 0.6 is 23.2 Å². The van der Waals surface area contributed by atoms with Crippen LogP contribution in [0.25, 0.3) is 0 Å². The highest BCUT2D eigenvalue weighted by Gasteiger charge is 2.10. The van der Waals surface area contributed by atoms with Crippen LogP contribution in [0.2, 0.25) is 10.0 Å². The summed E-state index contributed by atoms with van der Waals surface area (Å²) in [6.45, 7) is 0.953. The fourth-order valence-electron chi connectivity index (χ4n) is 2.33. The van der Waals surface area contributed by atoms with Crippen LogP contribution in [-0.2, 0) is 11.3 Å². The second-order valence-corrected chi connectivity index (χ2v) is 6.62. The lowest BCUT2D eigenvalue weighted by Crippen LogP contribution is -2.28. The topological polar surface area (TPSA) is 49.4 Å². The molecule has 25 heavy (non-hydrogen) atoms. The van der Waals surface area contributed by atoms with Gasteiger partial charge in [0.2, 0.25) is 5.91 Å². The number of carbonyl (C=O) groups is 2. The molecule has 0 aromatic heterocycles. The molecule has 132 valence electrons. The first-order chi connectivity index (χ1) is 12.0. The third kappa shape index (κ3) is 6.40. The van der Waals surface area contributed by atoms with E-state index in [4.69, 9.17) is 23.2 Å². The molecule has 1 N–H and O–H groups in total. The Morgan fingerprint density at radius 1 is 1.04 bits per heavy atom. The molecule has 0 unspecified atom stereocenters. The zero-order chi connectivity index (χ0) is 18.2. The highest BCUT2D eigenvalue weighted by atomic mass is 35.5. The van der Waals surface area contributed by atoms with Gasteiger partial charge in [-0.15, -0.1) is 0 Å². The molecule has 2 amide bonds. The molecule has 0 aliphatic heterocycles. The zero-order valence-electron chi connectivity index (χ0n) is 14.0. The fraction of sp³-hybridized carbons (Fsp3) is 0.263. The third-order valence-corrected chi connectivity index (χ3v) is 4.18. The summed E-state index contributed by atoms with van der Waals surface area (Å²) in [6, 6.07) is 14.1. The minimum Gasteiger partial charge on any atom is -0.352 e. The van der Waals surface area contributed by atoms with Crippen molar-refractivity contribution < 1.29 is 9.59 Å². The van der Waals surface area contributed by atoms with Crippen LogP contribution in [0.3, 0.4) is 0 Å². The number of nitrogens with zero attached hydrogens (tertiary/aromatic N) is 1. The van der Waals surface area contributed by atoms with Gasteiger partial charge in [-0.25, -0.2) is 0 Å². The zero-order valence-corrected chi connectivity index (χ0v) is 15.5. The van der Waals surface area contributed by atoms with E-state index in [0.29, 0.717) is 41.5 Å². The summed E-state index contributed by atoms with van der Waals surface area (Å²) in [5.74, 6) is -0.142. The van der Waals surface area contributed by atoms with Gasteiger partial charge in [-0.05, 0) is 48.4 Å². The normalized spacial score (nSPS) is 10.4. The Labute approximate surface area is 157 Å². The van der Waals surface area contributed by atoms with Crippen LogP contribution in [0.4, 0.5) is 0 Å². The Morgan fingerprint density at radius 2 is 1.76 bits per heavy atom. The van der Waals surface area contributed by atoms with Crippen molar-refractivity contribution in [2.24, 2.45) is 0 Å². The molecule has 6 heteroatoms. The summed E-state index contributed by atoms with van der Waals surface area (Å²) in [5, 5.41) is 4.04. The molecule has 2 rings (SSSR count). The van der Waals surface area contributed by atoms with E-state index in [1.165, 1.54) is 0 Å². The summed E-state index contributed by atoms with van der Waals surface area (Å²) >= 11 is 11.7. The fourth-order valence-corrected chi connectivity index (χ4v) is 2.67. The van der Waals surface area contributed by atoms with Crippen molar-refractivity contribution >= 4 is 35.0 Å². The van der Waals surface area contributed by atoms with E-state index in [2.05, 4.69) is 5.32 Å². The minimum absolute atomic E-state index is 0.0284. The van der Waals surface area contributed by atoms with Crippen LogP contribution in [0, 0.1) is 0 Å². The number of carbonyl (C=O) groups excluding carboxylic acids is 2.